The lowest BCUT2D eigenvalue weighted by Gasteiger charge is -2.32. The van der Waals surface area contributed by atoms with Crippen molar-refractivity contribution in [1.82, 2.24) is 4.57 Å². The van der Waals surface area contributed by atoms with Gasteiger partial charge in [-0.1, -0.05) is 141 Å². The minimum atomic E-state index is -0.872. The van der Waals surface area contributed by atoms with Crippen LogP contribution >= 0.6 is 11.8 Å². The van der Waals surface area contributed by atoms with E-state index in [1.165, 1.54) is 147 Å². The highest BCUT2D eigenvalue weighted by atomic mass is 32.2. The second-order valence-corrected chi connectivity index (χ2v) is 17.3. The largest absolute Gasteiger partial charge is 0.355 e. The normalized spacial score (nSPS) is 18.4. The summed E-state index contributed by atoms with van der Waals surface area (Å²) in [4.78, 5) is 12.3. The van der Waals surface area contributed by atoms with Gasteiger partial charge >= 0.3 is 0 Å². The molecule has 244 valence electrons. The number of hydrogen-bond donors (Lipinski definition) is 0. The quantitative estimate of drug-likeness (QED) is 0.0498. The number of ether oxygens (including phenoxy) is 2. The molecule has 1 fully saturated rings. The molecule has 2 atom stereocenters. The van der Waals surface area contributed by atoms with Gasteiger partial charge in [-0.25, -0.2) is 0 Å². The minimum absolute atomic E-state index is 0.356. The van der Waals surface area contributed by atoms with Crippen molar-refractivity contribution in [2.24, 2.45) is 0 Å². The van der Waals surface area contributed by atoms with E-state index in [0.29, 0.717) is 18.0 Å². The van der Waals surface area contributed by atoms with Crippen molar-refractivity contribution in [3.05, 3.63) is 0 Å². The Hall–Kier alpha value is 0.117. The van der Waals surface area contributed by atoms with Crippen LogP contribution in [-0.4, -0.2) is 57.5 Å². The lowest BCUT2D eigenvalue weighted by atomic mass is 10.1. The molecule has 0 radical (unpaired) electrons. The Balaban J connectivity index is 1.95. The highest BCUT2D eigenvalue weighted by molar-refractivity contribution is 8.13. The number of unbranched alkanes of at least 4 members (excludes halogenated alkanes) is 17. The molecule has 6 heteroatoms. The minimum Gasteiger partial charge on any atom is -0.355 e. The van der Waals surface area contributed by atoms with Gasteiger partial charge in [0.05, 0.1) is 6.10 Å². The zero-order valence-electron chi connectivity index (χ0n) is 27.9. The highest BCUT2D eigenvalue weighted by Crippen LogP contribution is 2.22. The first-order chi connectivity index (χ1) is 20.2. The number of hydrogen-bond acceptors (Lipinski definition) is 5. The van der Waals surface area contributed by atoms with Crippen LogP contribution in [0.1, 0.15) is 168 Å². The van der Waals surface area contributed by atoms with Crippen LogP contribution in [0.4, 0.5) is 0 Å². The van der Waals surface area contributed by atoms with Gasteiger partial charge in [-0.05, 0) is 57.8 Å². The van der Waals surface area contributed by atoms with Crippen LogP contribution in [0.25, 0.3) is 0 Å². The third-order valence-electron chi connectivity index (χ3n) is 8.95. The molecule has 2 unspecified atom stereocenters. The summed E-state index contributed by atoms with van der Waals surface area (Å²) in [5.74, 6) is 1.02. The lowest BCUT2D eigenvalue weighted by molar-refractivity contribution is -0.111. The summed E-state index contributed by atoms with van der Waals surface area (Å²) in [6.07, 6.45) is 31.4. The number of nitrogens with zero attached hydrogens (tertiary/aromatic N) is 1. The number of carbonyl (C=O) groups is 1. The maximum atomic E-state index is 12.3. The van der Waals surface area contributed by atoms with E-state index in [1.807, 2.05) is 0 Å². The predicted molar refractivity (Wildman–Crippen MR) is 185 cm³/mol. The van der Waals surface area contributed by atoms with Crippen molar-refractivity contribution >= 4 is 25.8 Å². The highest BCUT2D eigenvalue weighted by Gasteiger charge is 2.22. The van der Waals surface area contributed by atoms with Crippen LogP contribution in [-0.2, 0) is 14.3 Å². The summed E-state index contributed by atoms with van der Waals surface area (Å²) in [5, 5.41) is 0.427. The van der Waals surface area contributed by atoms with Crippen LogP contribution in [0.2, 0.25) is 12.1 Å². The molecule has 0 saturated carbocycles. The second-order valence-electron chi connectivity index (χ2n) is 12.8. The van der Waals surface area contributed by atoms with Gasteiger partial charge in [0.25, 0.3) is 0 Å². The van der Waals surface area contributed by atoms with E-state index in [1.54, 1.807) is 11.8 Å². The van der Waals surface area contributed by atoms with Gasteiger partial charge in [-0.3, -0.25) is 4.79 Å². The van der Waals surface area contributed by atoms with E-state index in [2.05, 4.69) is 25.5 Å². The summed E-state index contributed by atoms with van der Waals surface area (Å²) < 4.78 is 14.6. The topological polar surface area (TPSA) is 38.8 Å². The number of rotatable bonds is 28. The first-order valence-electron chi connectivity index (χ1n) is 18.2. The summed E-state index contributed by atoms with van der Waals surface area (Å²) in [7, 11) is 1.46. The molecule has 0 N–H and O–H groups in total. The average Bonchev–Trinajstić information content (AvgIpc) is 2.97. The Morgan fingerprint density at radius 3 is 1.93 bits per heavy atom. The van der Waals surface area contributed by atoms with E-state index < -0.39 is 8.96 Å². The fraction of sp³-hybridized carbons (Fsp3) is 0.971. The Bertz CT molecular complexity index is 568. The van der Waals surface area contributed by atoms with E-state index in [4.69, 9.17) is 9.47 Å². The number of thioether (sulfide) groups is 1. The van der Waals surface area contributed by atoms with Crippen molar-refractivity contribution in [1.29, 1.82) is 0 Å². The molecule has 1 aliphatic heterocycles. The first kappa shape index (κ1) is 39.1. The van der Waals surface area contributed by atoms with E-state index >= 15 is 0 Å². The zero-order valence-corrected chi connectivity index (χ0v) is 29.9. The predicted octanol–water partition coefficient (Wildman–Crippen LogP) is 10.7. The van der Waals surface area contributed by atoms with E-state index in [-0.39, 0.29) is 0 Å². The summed E-state index contributed by atoms with van der Waals surface area (Å²) >= 11 is 1.61. The number of carbonyl (C=O) groups excluding carboxylic acids is 1. The maximum Gasteiger partial charge on any atom is 0.188 e. The molecule has 41 heavy (non-hydrogen) atoms. The molecule has 0 aromatic carbocycles. The maximum absolute atomic E-state index is 12.3. The van der Waals surface area contributed by atoms with Gasteiger partial charge < -0.3 is 14.0 Å². The fourth-order valence-corrected chi connectivity index (χ4v) is 10.2. The van der Waals surface area contributed by atoms with Gasteiger partial charge in [-0.2, -0.15) is 0 Å². The van der Waals surface area contributed by atoms with E-state index in [9.17, 15) is 4.79 Å². The third kappa shape index (κ3) is 25.2. The van der Waals surface area contributed by atoms with Gasteiger partial charge in [0.2, 0.25) is 0 Å². The van der Waals surface area contributed by atoms with Crippen molar-refractivity contribution in [2.75, 3.05) is 32.7 Å². The summed E-state index contributed by atoms with van der Waals surface area (Å²) in [5.41, 5.74) is 0. The molecule has 0 spiro atoms. The SMILES string of the molecule is CCCCCCCCCCCCOCOC1CCC[SiH](CCCSC(=O)CCCCCCCCCCC)N(C)CC1. The van der Waals surface area contributed by atoms with Crippen LogP contribution < -0.4 is 0 Å². The van der Waals surface area contributed by atoms with Crippen molar-refractivity contribution in [2.45, 2.75) is 186 Å². The van der Waals surface area contributed by atoms with Crippen LogP contribution in [0.15, 0.2) is 0 Å². The van der Waals surface area contributed by atoms with Crippen molar-refractivity contribution in [3.8, 4) is 0 Å². The lowest BCUT2D eigenvalue weighted by Crippen LogP contribution is -2.40. The fourth-order valence-electron chi connectivity index (χ4n) is 6.06. The molecule has 0 aromatic rings. The average molecular weight is 614 g/mol. The molecule has 1 aliphatic rings. The summed E-state index contributed by atoms with van der Waals surface area (Å²) in [6.45, 7) is 7.03. The van der Waals surface area contributed by atoms with Crippen molar-refractivity contribution < 1.29 is 14.3 Å². The van der Waals surface area contributed by atoms with Crippen LogP contribution in [0, 0.1) is 0 Å². The standard InChI is InChI=1S/C35H71NO3SSi/c1-4-6-8-10-12-14-16-18-20-22-29-38-33-39-34-25-23-31-41(36(3)28-27-34)32-24-30-40-35(37)26-21-19-17-15-13-11-9-7-5-2/h34,41H,4-33H2,1-3H3. The molecule has 1 saturated heterocycles. The van der Waals surface area contributed by atoms with Gasteiger partial charge in [0, 0.05) is 18.8 Å². The molecule has 0 amide bonds. The monoisotopic (exact) mass is 613 g/mol. The summed E-state index contributed by atoms with van der Waals surface area (Å²) in [6, 6.07) is 2.73. The zero-order chi connectivity index (χ0) is 29.6. The third-order valence-corrected chi connectivity index (χ3v) is 13.6. The Labute approximate surface area is 262 Å². The molecule has 4 nitrogen and oxygen atoms in total. The Morgan fingerprint density at radius 2 is 1.32 bits per heavy atom. The van der Waals surface area contributed by atoms with Crippen LogP contribution in [0.3, 0.4) is 0 Å². The second kappa shape index (κ2) is 30.2. The molecular formula is C35H71NO3SSi. The van der Waals surface area contributed by atoms with E-state index in [0.717, 1.165) is 38.2 Å². The molecule has 0 aliphatic carbocycles. The Morgan fingerprint density at radius 1 is 0.756 bits per heavy atom. The van der Waals surface area contributed by atoms with Gasteiger partial charge in [0.15, 0.2) is 5.12 Å². The molecule has 1 heterocycles. The molecular weight excluding hydrogens is 543 g/mol. The molecule has 0 aromatic heterocycles. The van der Waals surface area contributed by atoms with Gasteiger partial charge in [0.1, 0.15) is 15.8 Å². The molecule has 0 bridgehead atoms. The van der Waals surface area contributed by atoms with Crippen LogP contribution in [0.5, 0.6) is 0 Å². The van der Waals surface area contributed by atoms with Gasteiger partial charge in [-0.15, -0.1) is 0 Å². The smallest absolute Gasteiger partial charge is 0.188 e. The molecule has 1 rings (SSSR count). The Kier molecular flexibility index (Phi) is 28.8. The van der Waals surface area contributed by atoms with Crippen molar-refractivity contribution in [3.63, 3.8) is 0 Å². The first-order valence-corrected chi connectivity index (χ1v) is 21.4.